The number of alkyl halides is 3. The average Bonchev–Trinajstić information content (AvgIpc) is 3.79. The van der Waals surface area contributed by atoms with E-state index in [0.717, 1.165) is 59.7 Å². The van der Waals surface area contributed by atoms with E-state index in [4.69, 9.17) is 21.1 Å². The Morgan fingerprint density at radius 1 is 0.800 bits per heavy atom. The van der Waals surface area contributed by atoms with Crippen LogP contribution in [0.25, 0.3) is 17.2 Å². The summed E-state index contributed by atoms with van der Waals surface area (Å²) >= 11 is 6.15. The summed E-state index contributed by atoms with van der Waals surface area (Å²) in [5, 5.41) is 3.40. The summed E-state index contributed by atoms with van der Waals surface area (Å²) in [7, 11) is -11.0. The van der Waals surface area contributed by atoms with Gasteiger partial charge in [0, 0.05) is 74.7 Å². The number of sulfone groups is 1. The molecule has 2 N–H and O–H groups in total. The second kappa shape index (κ2) is 19.6. The topological polar surface area (TPSA) is 138 Å². The molecular weight excluding hydrogens is 903 g/mol. The number of benzene rings is 5. The molecule has 1 aliphatic carbocycles. The second-order valence-corrected chi connectivity index (χ2v) is 19.9. The molecule has 5 aromatic carbocycles. The summed E-state index contributed by atoms with van der Waals surface area (Å²) in [6.07, 6.45) is 5.02. The molecule has 0 unspecified atom stereocenters. The molecule has 2 fully saturated rings. The van der Waals surface area contributed by atoms with Crippen LogP contribution in [0.15, 0.2) is 119 Å². The predicted molar refractivity (Wildman–Crippen MR) is 245 cm³/mol. The largest absolute Gasteiger partial charge is 0.501 e. The fourth-order valence-corrected chi connectivity index (χ4v) is 10.3. The summed E-state index contributed by atoms with van der Waals surface area (Å²) in [5.74, 6) is -0.658. The van der Waals surface area contributed by atoms with Crippen molar-refractivity contribution >= 4 is 54.8 Å². The number of allylic oxidation sites excluding steroid dienone is 1. The molecule has 0 atom stereocenters. The standard InChI is InChI=1S/C47H47ClF3N5O7S2/c48-36-14-12-34(13-15-36)39-9-2-1-6-35(39)32-55-22-24-56(25-23-55)37-16-18-41(44(30-37)63-43-11-4-8-33-7-3-10-40(33)43)46(57)53-65(60,61)38-17-19-42(45(31-38)64(58,59)47(49,50)51)52-20-5-21-54-26-28-62-29-27-54/h1-4,6,8-19,30-31,52H,5,7,20-29,32H2,(H,53,57). The van der Waals surface area contributed by atoms with E-state index in [1.54, 1.807) is 18.2 Å². The van der Waals surface area contributed by atoms with Crippen molar-refractivity contribution in [3.63, 3.8) is 0 Å². The van der Waals surface area contributed by atoms with Gasteiger partial charge in [-0.15, -0.1) is 0 Å². The Labute approximate surface area is 381 Å². The van der Waals surface area contributed by atoms with Crippen LogP contribution in [0.4, 0.5) is 24.5 Å². The van der Waals surface area contributed by atoms with E-state index < -0.39 is 46.8 Å². The van der Waals surface area contributed by atoms with Crippen LogP contribution in [0.1, 0.15) is 33.5 Å². The van der Waals surface area contributed by atoms with Gasteiger partial charge in [0.1, 0.15) is 16.4 Å². The monoisotopic (exact) mass is 949 g/mol. The van der Waals surface area contributed by atoms with Crippen molar-refractivity contribution in [1.29, 1.82) is 0 Å². The minimum absolute atomic E-state index is 0.0418. The highest BCUT2D eigenvalue weighted by atomic mass is 35.5. The lowest BCUT2D eigenvalue weighted by Gasteiger charge is -2.36. The SMILES string of the molecule is O=C(NS(=O)(=O)c1ccc(NCCCN2CCOCC2)c(S(=O)(=O)C(F)(F)F)c1)c1ccc(N2CCN(Cc3ccccc3-c3ccc(Cl)cc3)CC2)cc1Oc1cccc2c1C=CC2. The third-order valence-corrected chi connectivity index (χ3v) is 14.8. The van der Waals surface area contributed by atoms with Crippen molar-refractivity contribution in [3.05, 3.63) is 136 Å². The summed E-state index contributed by atoms with van der Waals surface area (Å²) in [5.41, 5.74) is -0.433. The highest BCUT2D eigenvalue weighted by Gasteiger charge is 2.48. The summed E-state index contributed by atoms with van der Waals surface area (Å²) in [6.45, 7) is 6.62. The van der Waals surface area contributed by atoms with E-state index in [9.17, 15) is 34.8 Å². The third-order valence-electron chi connectivity index (χ3n) is 11.7. The molecule has 18 heteroatoms. The Kier molecular flexibility index (Phi) is 13.9. The number of hydrogen-bond donors (Lipinski definition) is 2. The Balaban J connectivity index is 1.02. The van der Waals surface area contributed by atoms with Crippen LogP contribution in [0.5, 0.6) is 11.5 Å². The molecule has 1 amide bonds. The molecule has 342 valence electrons. The molecule has 0 radical (unpaired) electrons. The van der Waals surface area contributed by atoms with Crippen molar-refractivity contribution in [2.45, 2.75) is 34.7 Å². The maximum Gasteiger partial charge on any atom is 0.501 e. The Bertz CT molecular complexity index is 2800. The number of ether oxygens (including phenoxy) is 2. The number of anilines is 2. The van der Waals surface area contributed by atoms with Gasteiger partial charge in [-0.2, -0.15) is 13.2 Å². The maximum atomic E-state index is 14.0. The number of piperazine rings is 1. The van der Waals surface area contributed by atoms with E-state index in [2.05, 4.69) is 32.1 Å². The molecule has 3 aliphatic rings. The molecule has 12 nitrogen and oxygen atoms in total. The van der Waals surface area contributed by atoms with Gasteiger partial charge in [-0.1, -0.05) is 72.3 Å². The van der Waals surface area contributed by atoms with E-state index in [1.165, 1.54) is 11.6 Å². The number of nitrogens with zero attached hydrogens (tertiary/aromatic N) is 3. The van der Waals surface area contributed by atoms with Gasteiger partial charge < -0.3 is 19.7 Å². The zero-order chi connectivity index (χ0) is 45.8. The molecule has 5 aromatic rings. The number of carbonyl (C=O) groups is 1. The molecule has 2 aliphatic heterocycles. The summed E-state index contributed by atoms with van der Waals surface area (Å²) < 4.78 is 109. The first-order valence-corrected chi connectivity index (χ1v) is 24.5. The number of halogens is 4. The molecule has 0 saturated carbocycles. The van der Waals surface area contributed by atoms with Crippen LogP contribution < -0.4 is 19.7 Å². The van der Waals surface area contributed by atoms with Gasteiger partial charge in [0.15, 0.2) is 0 Å². The highest BCUT2D eigenvalue weighted by molar-refractivity contribution is 7.92. The van der Waals surface area contributed by atoms with E-state index in [1.807, 2.05) is 65.4 Å². The van der Waals surface area contributed by atoms with Crippen LogP contribution in [0.3, 0.4) is 0 Å². The molecular formula is C47H47ClF3N5O7S2. The normalized spacial score (nSPS) is 16.0. The predicted octanol–water partition coefficient (Wildman–Crippen LogP) is 8.24. The van der Waals surface area contributed by atoms with Gasteiger partial charge in [0.05, 0.1) is 29.4 Å². The van der Waals surface area contributed by atoms with Crippen LogP contribution in [-0.2, 0) is 37.6 Å². The van der Waals surface area contributed by atoms with E-state index in [0.29, 0.717) is 75.6 Å². The van der Waals surface area contributed by atoms with Crippen molar-refractivity contribution in [1.82, 2.24) is 14.5 Å². The number of hydrogen-bond acceptors (Lipinski definition) is 11. The molecule has 2 saturated heterocycles. The minimum atomic E-state index is -6.03. The summed E-state index contributed by atoms with van der Waals surface area (Å²) in [6, 6.07) is 28.6. The lowest BCUT2D eigenvalue weighted by Crippen LogP contribution is -2.46. The number of sulfonamides is 1. The lowest BCUT2D eigenvalue weighted by atomic mass is 9.99. The van der Waals surface area contributed by atoms with Gasteiger partial charge in [0.2, 0.25) is 0 Å². The van der Waals surface area contributed by atoms with Crippen LogP contribution in [0.2, 0.25) is 5.02 Å². The average molecular weight is 951 g/mol. The fraction of sp³-hybridized carbons (Fsp3) is 0.298. The zero-order valence-corrected chi connectivity index (χ0v) is 37.6. The Hall–Kier alpha value is -5.43. The number of morpholine rings is 1. The second-order valence-electron chi connectivity index (χ2n) is 15.9. The minimum Gasteiger partial charge on any atom is -0.456 e. The molecule has 65 heavy (non-hydrogen) atoms. The Morgan fingerprint density at radius 3 is 2.31 bits per heavy atom. The van der Waals surface area contributed by atoms with E-state index >= 15 is 0 Å². The maximum absolute atomic E-state index is 14.0. The first kappa shape index (κ1) is 46.1. The van der Waals surface area contributed by atoms with Crippen LogP contribution in [-0.4, -0.2) is 104 Å². The van der Waals surface area contributed by atoms with Crippen molar-refractivity contribution in [2.75, 3.05) is 75.8 Å². The lowest BCUT2D eigenvalue weighted by molar-refractivity contribution is -0.0435. The number of carbonyl (C=O) groups excluding carboxylic acids is 1. The molecule has 0 spiro atoms. The fourth-order valence-electron chi connectivity index (χ4n) is 8.17. The van der Waals surface area contributed by atoms with Crippen molar-refractivity contribution in [2.24, 2.45) is 0 Å². The highest BCUT2D eigenvalue weighted by Crippen LogP contribution is 2.38. The van der Waals surface area contributed by atoms with Gasteiger partial charge >= 0.3 is 5.51 Å². The first-order chi connectivity index (χ1) is 31.2. The number of amides is 1. The van der Waals surface area contributed by atoms with Crippen LogP contribution >= 0.6 is 11.6 Å². The first-order valence-electron chi connectivity index (χ1n) is 21.1. The zero-order valence-electron chi connectivity index (χ0n) is 35.2. The molecule has 2 heterocycles. The van der Waals surface area contributed by atoms with Crippen LogP contribution in [0, 0.1) is 0 Å². The number of fused-ring (bicyclic) bond motifs is 1. The smallest absolute Gasteiger partial charge is 0.456 e. The molecule has 0 aromatic heterocycles. The third kappa shape index (κ3) is 10.7. The van der Waals surface area contributed by atoms with E-state index in [-0.39, 0.29) is 17.9 Å². The number of rotatable bonds is 15. The van der Waals surface area contributed by atoms with Gasteiger partial charge in [-0.3, -0.25) is 14.6 Å². The molecule has 8 rings (SSSR count). The van der Waals surface area contributed by atoms with Gasteiger partial charge in [0.25, 0.3) is 25.8 Å². The van der Waals surface area contributed by atoms with Gasteiger partial charge in [-0.05, 0) is 90.2 Å². The molecule has 0 bridgehead atoms. The van der Waals surface area contributed by atoms with Gasteiger partial charge in [-0.25, -0.2) is 21.6 Å². The summed E-state index contributed by atoms with van der Waals surface area (Å²) in [4.78, 5) is 18.5. The number of nitrogens with one attached hydrogen (secondary N) is 2. The van der Waals surface area contributed by atoms with Crippen molar-refractivity contribution < 1.29 is 44.3 Å². The Morgan fingerprint density at radius 2 is 1.55 bits per heavy atom. The van der Waals surface area contributed by atoms with Crippen molar-refractivity contribution in [3.8, 4) is 22.6 Å². The quantitative estimate of drug-likeness (QED) is 0.0983.